The molecule has 19 heavy (non-hydrogen) atoms. The van der Waals surface area contributed by atoms with Crippen LogP contribution in [-0.4, -0.2) is 25.0 Å². The van der Waals surface area contributed by atoms with Crippen LogP contribution in [0.25, 0.3) is 11.0 Å². The first-order valence-electron chi connectivity index (χ1n) is 6.28. The third kappa shape index (κ3) is 2.37. The van der Waals surface area contributed by atoms with E-state index in [1.54, 1.807) is 18.2 Å². The van der Waals surface area contributed by atoms with Gasteiger partial charge in [0.2, 0.25) is 0 Å². The maximum Gasteiger partial charge on any atom is 0.349 e. The number of nitrogens with one attached hydrogen (secondary N) is 2. The van der Waals surface area contributed by atoms with Crippen LogP contribution in [0.1, 0.15) is 16.8 Å². The largest absolute Gasteiger partial charge is 0.422 e. The van der Waals surface area contributed by atoms with E-state index in [4.69, 9.17) is 4.42 Å². The number of carbonyl (C=O) groups is 1. The molecule has 1 aliphatic heterocycles. The standard InChI is InChI=1S/C14H14N2O3/c17-13(16-10-5-6-15-8-10)11-7-9-3-1-2-4-12(9)19-14(11)18/h1-4,7,10,15H,5-6,8H2,(H,16,17). The van der Waals surface area contributed by atoms with Crippen molar-refractivity contribution in [3.05, 3.63) is 46.3 Å². The number of carbonyl (C=O) groups excluding carboxylic acids is 1. The van der Waals surface area contributed by atoms with Crippen molar-refractivity contribution >= 4 is 16.9 Å². The smallest absolute Gasteiger partial charge is 0.349 e. The molecule has 2 aromatic rings. The highest BCUT2D eigenvalue weighted by Gasteiger charge is 2.20. The molecule has 1 aliphatic rings. The molecular weight excluding hydrogens is 244 g/mol. The van der Waals surface area contributed by atoms with Gasteiger partial charge in [0.15, 0.2) is 0 Å². The summed E-state index contributed by atoms with van der Waals surface area (Å²) in [6, 6.07) is 8.81. The SMILES string of the molecule is O=C(NC1CCNC1)c1cc2ccccc2oc1=O. The number of hydrogen-bond acceptors (Lipinski definition) is 4. The molecule has 1 aromatic heterocycles. The second kappa shape index (κ2) is 4.85. The van der Waals surface area contributed by atoms with Crippen molar-refractivity contribution in [3.63, 3.8) is 0 Å². The van der Waals surface area contributed by atoms with Crippen LogP contribution >= 0.6 is 0 Å². The van der Waals surface area contributed by atoms with Gasteiger partial charge in [-0.1, -0.05) is 18.2 Å². The van der Waals surface area contributed by atoms with Crippen LogP contribution in [0.15, 0.2) is 39.5 Å². The topological polar surface area (TPSA) is 71.3 Å². The molecule has 1 unspecified atom stereocenters. The molecule has 1 fully saturated rings. The van der Waals surface area contributed by atoms with Crippen molar-refractivity contribution in [2.75, 3.05) is 13.1 Å². The van der Waals surface area contributed by atoms with Crippen molar-refractivity contribution in [2.24, 2.45) is 0 Å². The van der Waals surface area contributed by atoms with Gasteiger partial charge in [0.25, 0.3) is 5.91 Å². The normalized spacial score (nSPS) is 18.6. The van der Waals surface area contributed by atoms with Gasteiger partial charge in [-0.15, -0.1) is 0 Å². The van der Waals surface area contributed by atoms with Crippen molar-refractivity contribution in [3.8, 4) is 0 Å². The Bertz CT molecular complexity index is 672. The number of hydrogen-bond donors (Lipinski definition) is 2. The zero-order valence-corrected chi connectivity index (χ0v) is 10.3. The van der Waals surface area contributed by atoms with Gasteiger partial charge >= 0.3 is 5.63 Å². The Hall–Kier alpha value is -2.14. The summed E-state index contributed by atoms with van der Waals surface area (Å²) in [7, 11) is 0. The Balaban J connectivity index is 1.92. The summed E-state index contributed by atoms with van der Waals surface area (Å²) in [6.07, 6.45) is 0.880. The summed E-state index contributed by atoms with van der Waals surface area (Å²) in [5.41, 5.74) is -0.0423. The van der Waals surface area contributed by atoms with Crippen LogP contribution in [0.4, 0.5) is 0 Å². The number of benzene rings is 1. The molecule has 2 N–H and O–H groups in total. The van der Waals surface area contributed by atoms with Crippen molar-refractivity contribution in [2.45, 2.75) is 12.5 Å². The fraction of sp³-hybridized carbons (Fsp3) is 0.286. The van der Waals surface area contributed by atoms with Crippen molar-refractivity contribution in [1.82, 2.24) is 10.6 Å². The Morgan fingerprint density at radius 1 is 1.37 bits per heavy atom. The minimum Gasteiger partial charge on any atom is -0.422 e. The second-order valence-electron chi connectivity index (χ2n) is 4.65. The second-order valence-corrected chi connectivity index (χ2v) is 4.65. The number of fused-ring (bicyclic) bond motifs is 1. The third-order valence-corrected chi connectivity index (χ3v) is 3.28. The van der Waals surface area contributed by atoms with Gasteiger partial charge < -0.3 is 15.1 Å². The van der Waals surface area contributed by atoms with E-state index in [-0.39, 0.29) is 17.5 Å². The van der Waals surface area contributed by atoms with Gasteiger partial charge in [-0.25, -0.2) is 4.79 Å². The summed E-state index contributed by atoms with van der Waals surface area (Å²) in [5, 5.41) is 6.74. The average Bonchev–Trinajstić information content (AvgIpc) is 2.90. The van der Waals surface area contributed by atoms with Gasteiger partial charge in [0, 0.05) is 18.0 Å². The van der Waals surface area contributed by atoms with Crippen LogP contribution in [0.5, 0.6) is 0 Å². The van der Waals surface area contributed by atoms with Crippen LogP contribution in [0, 0.1) is 0 Å². The zero-order chi connectivity index (χ0) is 13.2. The van der Waals surface area contributed by atoms with E-state index in [2.05, 4.69) is 10.6 Å². The molecule has 5 heteroatoms. The van der Waals surface area contributed by atoms with E-state index in [0.29, 0.717) is 5.58 Å². The van der Waals surface area contributed by atoms with Crippen LogP contribution in [-0.2, 0) is 0 Å². The Labute approximate surface area is 109 Å². The number of rotatable bonds is 2. The van der Waals surface area contributed by atoms with Gasteiger partial charge in [-0.3, -0.25) is 4.79 Å². The summed E-state index contributed by atoms with van der Waals surface area (Å²) in [4.78, 5) is 23.9. The quantitative estimate of drug-likeness (QED) is 0.785. The van der Waals surface area contributed by atoms with Crippen LogP contribution in [0.3, 0.4) is 0 Å². The molecule has 2 heterocycles. The summed E-state index contributed by atoms with van der Waals surface area (Å²) >= 11 is 0. The van der Waals surface area contributed by atoms with E-state index in [9.17, 15) is 9.59 Å². The fourth-order valence-electron chi connectivity index (χ4n) is 2.26. The highest BCUT2D eigenvalue weighted by molar-refractivity contribution is 5.96. The Kier molecular flexibility index (Phi) is 3.05. The molecule has 0 aliphatic carbocycles. The molecule has 1 atom stereocenters. The van der Waals surface area contributed by atoms with Gasteiger partial charge in [0.1, 0.15) is 11.1 Å². The Morgan fingerprint density at radius 3 is 3.00 bits per heavy atom. The van der Waals surface area contributed by atoms with Crippen molar-refractivity contribution in [1.29, 1.82) is 0 Å². The number of amides is 1. The average molecular weight is 258 g/mol. The third-order valence-electron chi connectivity index (χ3n) is 3.28. The Morgan fingerprint density at radius 2 is 2.21 bits per heavy atom. The van der Waals surface area contributed by atoms with Gasteiger partial charge in [-0.2, -0.15) is 0 Å². The van der Waals surface area contributed by atoms with Crippen LogP contribution in [0.2, 0.25) is 0 Å². The summed E-state index contributed by atoms with van der Waals surface area (Å²) in [5.74, 6) is -0.367. The lowest BCUT2D eigenvalue weighted by Gasteiger charge is -2.10. The molecule has 1 amide bonds. The maximum absolute atomic E-state index is 12.1. The van der Waals surface area contributed by atoms with Crippen molar-refractivity contribution < 1.29 is 9.21 Å². The van der Waals surface area contributed by atoms with Gasteiger partial charge in [0.05, 0.1) is 0 Å². The minimum atomic E-state index is -0.595. The molecule has 98 valence electrons. The minimum absolute atomic E-state index is 0.0607. The van der Waals surface area contributed by atoms with Crippen LogP contribution < -0.4 is 16.3 Å². The maximum atomic E-state index is 12.1. The lowest BCUT2D eigenvalue weighted by Crippen LogP contribution is -2.38. The lowest BCUT2D eigenvalue weighted by atomic mass is 10.1. The lowest BCUT2D eigenvalue weighted by molar-refractivity contribution is 0.0936. The summed E-state index contributed by atoms with van der Waals surface area (Å²) in [6.45, 7) is 1.63. The van der Waals surface area contributed by atoms with Gasteiger partial charge in [-0.05, 0) is 25.1 Å². The predicted octanol–water partition coefficient (Wildman–Crippen LogP) is 0.885. The molecule has 1 aromatic carbocycles. The molecule has 0 bridgehead atoms. The van der Waals surface area contributed by atoms with E-state index >= 15 is 0 Å². The molecule has 0 spiro atoms. The zero-order valence-electron chi connectivity index (χ0n) is 10.3. The molecular formula is C14H14N2O3. The molecule has 3 rings (SSSR count). The first kappa shape index (κ1) is 11.9. The highest BCUT2D eigenvalue weighted by atomic mass is 16.4. The predicted molar refractivity (Wildman–Crippen MR) is 71.2 cm³/mol. The van der Waals surface area contributed by atoms with E-state index in [0.717, 1.165) is 24.9 Å². The monoisotopic (exact) mass is 258 g/mol. The van der Waals surface area contributed by atoms with E-state index in [1.807, 2.05) is 12.1 Å². The van der Waals surface area contributed by atoms with E-state index in [1.165, 1.54) is 0 Å². The summed E-state index contributed by atoms with van der Waals surface area (Å²) < 4.78 is 5.15. The molecule has 0 saturated carbocycles. The highest BCUT2D eigenvalue weighted by Crippen LogP contribution is 2.12. The number of para-hydroxylation sites is 1. The molecule has 5 nitrogen and oxygen atoms in total. The first-order chi connectivity index (χ1) is 9.24. The molecule has 1 saturated heterocycles. The first-order valence-corrected chi connectivity index (χ1v) is 6.28. The molecule has 0 radical (unpaired) electrons. The fourth-order valence-corrected chi connectivity index (χ4v) is 2.26. The van der Waals surface area contributed by atoms with E-state index < -0.39 is 5.63 Å².